The SMILES string of the molecule is CC(C)(C)CCC(=O)Nc1cc(Br)ccn1. The van der Waals surface area contributed by atoms with Crippen molar-refractivity contribution < 1.29 is 4.79 Å². The molecule has 1 amide bonds. The number of nitrogens with zero attached hydrogens (tertiary/aromatic N) is 1. The zero-order valence-electron chi connectivity index (χ0n) is 9.88. The quantitative estimate of drug-likeness (QED) is 0.921. The summed E-state index contributed by atoms with van der Waals surface area (Å²) in [5.41, 5.74) is 0.183. The highest BCUT2D eigenvalue weighted by Crippen LogP contribution is 2.21. The number of carbonyl (C=O) groups excluding carboxylic acids is 1. The molecule has 0 saturated heterocycles. The van der Waals surface area contributed by atoms with Gasteiger partial charge in [-0.15, -0.1) is 0 Å². The lowest BCUT2D eigenvalue weighted by Gasteiger charge is -2.17. The Hall–Kier alpha value is -0.900. The minimum Gasteiger partial charge on any atom is -0.311 e. The van der Waals surface area contributed by atoms with Crippen LogP contribution in [-0.2, 0) is 4.79 Å². The van der Waals surface area contributed by atoms with Crippen molar-refractivity contribution in [1.29, 1.82) is 0 Å². The average molecular weight is 285 g/mol. The third kappa shape index (κ3) is 5.26. The van der Waals surface area contributed by atoms with Gasteiger partial charge < -0.3 is 5.32 Å². The number of halogens is 1. The standard InChI is InChI=1S/C12H17BrN2O/c1-12(2,3)6-4-11(16)15-10-8-9(13)5-7-14-10/h5,7-8H,4,6H2,1-3H3,(H,14,15,16). The Morgan fingerprint density at radius 2 is 2.19 bits per heavy atom. The maximum atomic E-state index is 11.6. The van der Waals surface area contributed by atoms with Crippen LogP contribution in [0.1, 0.15) is 33.6 Å². The second-order valence-electron chi connectivity index (χ2n) is 4.97. The fourth-order valence-corrected chi connectivity index (χ4v) is 1.50. The van der Waals surface area contributed by atoms with Gasteiger partial charge in [0.25, 0.3) is 0 Å². The topological polar surface area (TPSA) is 42.0 Å². The molecule has 0 atom stereocenters. The van der Waals surface area contributed by atoms with E-state index in [0.717, 1.165) is 10.9 Å². The summed E-state index contributed by atoms with van der Waals surface area (Å²) in [7, 11) is 0. The van der Waals surface area contributed by atoms with Gasteiger partial charge in [-0.3, -0.25) is 4.79 Å². The molecule has 3 nitrogen and oxygen atoms in total. The van der Waals surface area contributed by atoms with Crippen LogP contribution in [0.15, 0.2) is 22.8 Å². The van der Waals surface area contributed by atoms with E-state index in [1.807, 2.05) is 6.07 Å². The Morgan fingerprint density at radius 3 is 2.75 bits per heavy atom. The van der Waals surface area contributed by atoms with Gasteiger partial charge >= 0.3 is 0 Å². The summed E-state index contributed by atoms with van der Waals surface area (Å²) >= 11 is 3.33. The smallest absolute Gasteiger partial charge is 0.225 e. The van der Waals surface area contributed by atoms with Crippen molar-refractivity contribution in [2.24, 2.45) is 5.41 Å². The molecular formula is C12H17BrN2O. The first-order valence-electron chi connectivity index (χ1n) is 5.28. The van der Waals surface area contributed by atoms with E-state index < -0.39 is 0 Å². The van der Waals surface area contributed by atoms with Crippen LogP contribution >= 0.6 is 15.9 Å². The minimum atomic E-state index is 0.0144. The van der Waals surface area contributed by atoms with Gasteiger partial charge in [-0.1, -0.05) is 36.7 Å². The van der Waals surface area contributed by atoms with Crippen LogP contribution in [-0.4, -0.2) is 10.9 Å². The molecule has 4 heteroatoms. The molecule has 0 saturated carbocycles. The molecule has 0 spiro atoms. The summed E-state index contributed by atoms with van der Waals surface area (Å²) in [6.45, 7) is 6.37. The van der Waals surface area contributed by atoms with Crippen LogP contribution in [0.5, 0.6) is 0 Å². The van der Waals surface area contributed by atoms with Crippen molar-refractivity contribution in [2.75, 3.05) is 5.32 Å². The molecule has 0 bridgehead atoms. The molecule has 0 aliphatic heterocycles. The summed E-state index contributed by atoms with van der Waals surface area (Å²) in [6.07, 6.45) is 3.05. The van der Waals surface area contributed by atoms with E-state index in [-0.39, 0.29) is 11.3 Å². The maximum Gasteiger partial charge on any atom is 0.225 e. The molecule has 1 aromatic heterocycles. The predicted molar refractivity (Wildman–Crippen MR) is 69.3 cm³/mol. The third-order valence-corrected chi connectivity index (χ3v) is 2.58. The number of anilines is 1. The van der Waals surface area contributed by atoms with E-state index >= 15 is 0 Å². The van der Waals surface area contributed by atoms with Crippen molar-refractivity contribution in [2.45, 2.75) is 33.6 Å². The Balaban J connectivity index is 2.46. The van der Waals surface area contributed by atoms with E-state index in [1.54, 1.807) is 12.3 Å². The first-order chi connectivity index (χ1) is 7.37. The summed E-state index contributed by atoms with van der Waals surface area (Å²) in [5, 5.41) is 2.78. The lowest BCUT2D eigenvalue weighted by Crippen LogP contribution is -2.16. The molecule has 0 aliphatic rings. The van der Waals surface area contributed by atoms with Gasteiger partial charge in [-0.25, -0.2) is 4.98 Å². The lowest BCUT2D eigenvalue weighted by molar-refractivity contribution is -0.116. The second kappa shape index (κ2) is 5.43. The summed E-state index contributed by atoms with van der Waals surface area (Å²) in [4.78, 5) is 15.7. The molecule has 16 heavy (non-hydrogen) atoms. The van der Waals surface area contributed by atoms with Crippen molar-refractivity contribution in [3.8, 4) is 0 Å². The van der Waals surface area contributed by atoms with E-state index in [9.17, 15) is 4.79 Å². The number of amides is 1. The van der Waals surface area contributed by atoms with Gasteiger partial charge in [-0.05, 0) is 24.0 Å². The number of nitrogens with one attached hydrogen (secondary N) is 1. The highest BCUT2D eigenvalue weighted by Gasteiger charge is 2.13. The summed E-state index contributed by atoms with van der Waals surface area (Å²) < 4.78 is 0.911. The Labute approximate surface area is 105 Å². The number of hydrogen-bond acceptors (Lipinski definition) is 2. The van der Waals surface area contributed by atoms with Crippen LogP contribution < -0.4 is 5.32 Å². The van der Waals surface area contributed by atoms with Crippen molar-refractivity contribution >= 4 is 27.7 Å². The van der Waals surface area contributed by atoms with Gasteiger partial charge in [0.2, 0.25) is 5.91 Å². The number of pyridine rings is 1. The molecule has 88 valence electrons. The van der Waals surface area contributed by atoms with Gasteiger partial charge in [0.15, 0.2) is 0 Å². The molecule has 0 unspecified atom stereocenters. The van der Waals surface area contributed by atoms with E-state index in [1.165, 1.54) is 0 Å². The average Bonchev–Trinajstić information content (AvgIpc) is 2.14. The molecule has 0 aliphatic carbocycles. The Kier molecular flexibility index (Phi) is 4.47. The van der Waals surface area contributed by atoms with Crippen LogP contribution in [0, 0.1) is 5.41 Å². The van der Waals surface area contributed by atoms with E-state index in [2.05, 4.69) is 47.0 Å². The molecule has 0 fully saturated rings. The van der Waals surface area contributed by atoms with Crippen LogP contribution in [0.3, 0.4) is 0 Å². The predicted octanol–water partition coefficient (Wildman–Crippen LogP) is 3.61. The Bertz CT molecular complexity index is 372. The fourth-order valence-electron chi connectivity index (χ4n) is 1.17. The van der Waals surface area contributed by atoms with Crippen molar-refractivity contribution in [1.82, 2.24) is 4.98 Å². The first-order valence-corrected chi connectivity index (χ1v) is 6.07. The van der Waals surface area contributed by atoms with Crippen LogP contribution in [0.25, 0.3) is 0 Å². The molecule has 0 radical (unpaired) electrons. The van der Waals surface area contributed by atoms with Gasteiger partial charge in [0, 0.05) is 17.1 Å². The molecule has 1 heterocycles. The number of carbonyl (C=O) groups is 1. The van der Waals surface area contributed by atoms with E-state index in [4.69, 9.17) is 0 Å². The number of hydrogen-bond donors (Lipinski definition) is 1. The zero-order valence-corrected chi connectivity index (χ0v) is 11.5. The molecular weight excluding hydrogens is 268 g/mol. The zero-order chi connectivity index (χ0) is 12.2. The van der Waals surface area contributed by atoms with Crippen LogP contribution in [0.4, 0.5) is 5.82 Å². The van der Waals surface area contributed by atoms with E-state index in [0.29, 0.717) is 12.2 Å². The highest BCUT2D eigenvalue weighted by atomic mass is 79.9. The first kappa shape index (κ1) is 13.2. The normalized spacial score (nSPS) is 11.2. The largest absolute Gasteiger partial charge is 0.311 e. The molecule has 0 aromatic carbocycles. The van der Waals surface area contributed by atoms with Crippen LogP contribution in [0.2, 0.25) is 0 Å². The van der Waals surface area contributed by atoms with Gasteiger partial charge in [-0.2, -0.15) is 0 Å². The fraction of sp³-hybridized carbons (Fsp3) is 0.500. The minimum absolute atomic E-state index is 0.0144. The summed E-state index contributed by atoms with van der Waals surface area (Å²) in [6, 6.07) is 3.61. The lowest BCUT2D eigenvalue weighted by atomic mass is 9.90. The molecule has 1 rings (SSSR count). The number of rotatable bonds is 3. The second-order valence-corrected chi connectivity index (χ2v) is 5.88. The third-order valence-electron chi connectivity index (χ3n) is 2.09. The van der Waals surface area contributed by atoms with Gasteiger partial charge in [0.05, 0.1) is 0 Å². The van der Waals surface area contributed by atoms with Gasteiger partial charge in [0.1, 0.15) is 5.82 Å². The maximum absolute atomic E-state index is 11.6. The molecule has 1 aromatic rings. The summed E-state index contributed by atoms with van der Waals surface area (Å²) in [5.74, 6) is 0.605. The Morgan fingerprint density at radius 1 is 1.50 bits per heavy atom. The monoisotopic (exact) mass is 284 g/mol. The number of aromatic nitrogens is 1. The van der Waals surface area contributed by atoms with Crippen molar-refractivity contribution in [3.05, 3.63) is 22.8 Å². The van der Waals surface area contributed by atoms with Crippen molar-refractivity contribution in [3.63, 3.8) is 0 Å². The highest BCUT2D eigenvalue weighted by molar-refractivity contribution is 9.10. The molecule has 1 N–H and O–H groups in total.